The standard InChI is InChI=1S/C17H10Cl3NO2S2/c18-11-7-12(19)15(22)14(20)10(11)6-13-16(23)21(17(24)25-13)8-9-4-2-1-3-5-9/h1-7,22H,8H2. The fourth-order valence-corrected chi connectivity index (χ4v) is 4.37. The van der Waals surface area contributed by atoms with Crippen molar-refractivity contribution in [2.45, 2.75) is 6.54 Å². The van der Waals surface area contributed by atoms with E-state index in [0.29, 0.717) is 21.3 Å². The summed E-state index contributed by atoms with van der Waals surface area (Å²) in [7, 11) is 0. The number of nitrogens with zero attached hydrogens (tertiary/aromatic N) is 1. The Morgan fingerprint density at radius 2 is 1.84 bits per heavy atom. The average Bonchev–Trinajstić information content (AvgIpc) is 2.85. The van der Waals surface area contributed by atoms with Crippen LogP contribution in [0.2, 0.25) is 15.1 Å². The number of rotatable bonds is 3. The minimum absolute atomic E-state index is 0.00849. The van der Waals surface area contributed by atoms with Gasteiger partial charge in [0.25, 0.3) is 5.91 Å². The molecule has 3 rings (SSSR count). The van der Waals surface area contributed by atoms with Crippen LogP contribution in [0.4, 0.5) is 0 Å². The van der Waals surface area contributed by atoms with E-state index in [9.17, 15) is 9.90 Å². The molecule has 0 saturated carbocycles. The molecule has 1 aliphatic rings. The normalized spacial score (nSPS) is 16.1. The molecule has 1 N–H and O–H groups in total. The summed E-state index contributed by atoms with van der Waals surface area (Å²) in [5.74, 6) is -0.515. The van der Waals surface area contributed by atoms with Gasteiger partial charge >= 0.3 is 0 Å². The van der Waals surface area contributed by atoms with Crippen LogP contribution >= 0.6 is 58.8 Å². The van der Waals surface area contributed by atoms with Crippen molar-refractivity contribution in [3.05, 3.63) is 67.5 Å². The fraction of sp³-hybridized carbons (Fsp3) is 0.0588. The Kier molecular flexibility index (Phi) is 5.61. The first-order valence-corrected chi connectivity index (χ1v) is 9.40. The first-order valence-electron chi connectivity index (χ1n) is 7.04. The first-order chi connectivity index (χ1) is 11.9. The zero-order chi connectivity index (χ0) is 18.1. The van der Waals surface area contributed by atoms with Crippen LogP contribution in [0.25, 0.3) is 6.08 Å². The van der Waals surface area contributed by atoms with Gasteiger partial charge in [0.05, 0.1) is 26.5 Å². The van der Waals surface area contributed by atoms with Crippen LogP contribution in [0.3, 0.4) is 0 Å². The third kappa shape index (κ3) is 3.81. The lowest BCUT2D eigenvalue weighted by atomic mass is 10.2. The van der Waals surface area contributed by atoms with Gasteiger partial charge in [0.1, 0.15) is 4.32 Å². The van der Waals surface area contributed by atoms with Gasteiger partial charge in [0.15, 0.2) is 5.75 Å². The van der Waals surface area contributed by atoms with Gasteiger partial charge in [-0.1, -0.05) is 89.1 Å². The number of thioether (sulfide) groups is 1. The summed E-state index contributed by atoms with van der Waals surface area (Å²) in [5, 5.41) is 10.1. The van der Waals surface area contributed by atoms with Gasteiger partial charge in [-0.2, -0.15) is 0 Å². The van der Waals surface area contributed by atoms with E-state index in [2.05, 4.69) is 0 Å². The number of phenolic OH excluding ortho intramolecular Hbond substituents is 1. The number of carbonyl (C=O) groups excluding carboxylic acids is 1. The Morgan fingerprint density at radius 1 is 1.16 bits per heavy atom. The summed E-state index contributed by atoms with van der Waals surface area (Å²) in [6.07, 6.45) is 1.52. The molecule has 0 aromatic heterocycles. The van der Waals surface area contributed by atoms with E-state index in [0.717, 1.165) is 17.3 Å². The van der Waals surface area contributed by atoms with Crippen LogP contribution in [-0.2, 0) is 11.3 Å². The Morgan fingerprint density at radius 3 is 2.52 bits per heavy atom. The second-order valence-corrected chi connectivity index (χ2v) is 8.04. The lowest BCUT2D eigenvalue weighted by Gasteiger charge is -2.14. The van der Waals surface area contributed by atoms with Gasteiger partial charge < -0.3 is 5.11 Å². The van der Waals surface area contributed by atoms with Crippen molar-refractivity contribution >= 4 is 75.1 Å². The molecule has 0 bridgehead atoms. The molecule has 2 aromatic rings. The predicted octanol–water partition coefficient (Wildman–Crippen LogP) is 5.75. The second-order valence-electron chi connectivity index (χ2n) is 5.17. The lowest BCUT2D eigenvalue weighted by Crippen LogP contribution is -2.27. The molecule has 0 atom stereocenters. The molecule has 1 aliphatic heterocycles. The van der Waals surface area contributed by atoms with Crippen LogP contribution in [0.5, 0.6) is 5.75 Å². The summed E-state index contributed by atoms with van der Waals surface area (Å²) in [6.45, 7) is 0.385. The van der Waals surface area contributed by atoms with E-state index < -0.39 is 0 Å². The van der Waals surface area contributed by atoms with Crippen molar-refractivity contribution in [2.24, 2.45) is 0 Å². The smallest absolute Gasteiger partial charge is 0.266 e. The molecule has 8 heteroatoms. The maximum Gasteiger partial charge on any atom is 0.266 e. The molecule has 1 fully saturated rings. The van der Waals surface area contributed by atoms with Gasteiger partial charge in [-0.25, -0.2) is 0 Å². The van der Waals surface area contributed by atoms with Gasteiger partial charge in [0, 0.05) is 5.56 Å². The molecule has 25 heavy (non-hydrogen) atoms. The minimum atomic E-state index is -0.279. The summed E-state index contributed by atoms with van der Waals surface area (Å²) in [6, 6.07) is 10.9. The Balaban J connectivity index is 1.92. The van der Waals surface area contributed by atoms with Crippen LogP contribution < -0.4 is 0 Å². The molecule has 2 aromatic carbocycles. The Hall–Kier alpha value is -1.24. The highest BCUT2D eigenvalue weighted by atomic mass is 35.5. The molecule has 1 amide bonds. The number of aromatic hydroxyl groups is 1. The summed E-state index contributed by atoms with van der Waals surface area (Å²) >= 11 is 24.6. The lowest BCUT2D eigenvalue weighted by molar-refractivity contribution is -0.122. The van der Waals surface area contributed by atoms with E-state index in [1.807, 2.05) is 30.3 Å². The van der Waals surface area contributed by atoms with Crippen molar-refractivity contribution in [3.8, 4) is 5.75 Å². The molecule has 3 nitrogen and oxygen atoms in total. The molecular weight excluding hydrogens is 421 g/mol. The SMILES string of the molecule is O=C1C(=Cc2c(Cl)cc(Cl)c(O)c2Cl)SC(=S)N1Cc1ccccc1. The van der Waals surface area contributed by atoms with Gasteiger partial charge in [0.2, 0.25) is 0 Å². The van der Waals surface area contributed by atoms with Crippen LogP contribution in [-0.4, -0.2) is 20.2 Å². The molecule has 128 valence electrons. The second kappa shape index (κ2) is 7.56. The third-order valence-corrected chi connectivity index (χ3v) is 5.88. The molecule has 0 aliphatic carbocycles. The van der Waals surface area contributed by atoms with Gasteiger partial charge in [-0.3, -0.25) is 9.69 Å². The van der Waals surface area contributed by atoms with Crippen molar-refractivity contribution in [3.63, 3.8) is 0 Å². The molecule has 1 saturated heterocycles. The van der Waals surface area contributed by atoms with E-state index in [1.54, 1.807) is 0 Å². The Labute approximate surface area is 169 Å². The van der Waals surface area contributed by atoms with Crippen molar-refractivity contribution in [1.82, 2.24) is 4.90 Å². The third-order valence-electron chi connectivity index (χ3n) is 3.51. The average molecular weight is 431 g/mol. The van der Waals surface area contributed by atoms with E-state index >= 15 is 0 Å². The Bertz CT molecular complexity index is 901. The first kappa shape index (κ1) is 18.5. The highest BCUT2D eigenvalue weighted by Crippen LogP contribution is 2.42. The number of hydrogen-bond donors (Lipinski definition) is 1. The quantitative estimate of drug-likeness (QED) is 0.497. The van der Waals surface area contributed by atoms with Gasteiger partial charge in [-0.05, 0) is 17.7 Å². The molecule has 1 heterocycles. The maximum absolute atomic E-state index is 12.7. The molecule has 0 unspecified atom stereocenters. The summed E-state index contributed by atoms with van der Waals surface area (Å²) < 4.78 is 0.450. The van der Waals surface area contributed by atoms with Crippen molar-refractivity contribution in [2.75, 3.05) is 0 Å². The maximum atomic E-state index is 12.7. The number of halogens is 3. The largest absolute Gasteiger partial charge is 0.505 e. The van der Waals surface area contributed by atoms with Crippen LogP contribution in [0.15, 0.2) is 41.3 Å². The van der Waals surface area contributed by atoms with Crippen LogP contribution in [0, 0.1) is 0 Å². The van der Waals surface area contributed by atoms with E-state index in [1.165, 1.54) is 17.0 Å². The highest BCUT2D eigenvalue weighted by molar-refractivity contribution is 8.26. The zero-order valence-electron chi connectivity index (χ0n) is 12.5. The molecule has 0 spiro atoms. The number of amides is 1. The number of benzene rings is 2. The predicted molar refractivity (Wildman–Crippen MR) is 108 cm³/mol. The summed E-state index contributed by atoms with van der Waals surface area (Å²) in [5.41, 5.74) is 1.30. The number of thiocarbonyl (C=S) groups is 1. The van der Waals surface area contributed by atoms with Crippen LogP contribution in [0.1, 0.15) is 11.1 Å². The summed E-state index contributed by atoms with van der Waals surface area (Å²) in [4.78, 5) is 14.6. The topological polar surface area (TPSA) is 40.5 Å². The molecular formula is C17H10Cl3NO2S2. The zero-order valence-corrected chi connectivity index (χ0v) is 16.4. The molecule has 0 radical (unpaired) electrons. The van der Waals surface area contributed by atoms with Crippen molar-refractivity contribution in [1.29, 1.82) is 0 Å². The fourth-order valence-electron chi connectivity index (χ4n) is 2.26. The van der Waals surface area contributed by atoms with E-state index in [-0.39, 0.29) is 26.7 Å². The highest BCUT2D eigenvalue weighted by Gasteiger charge is 2.32. The number of hydrogen-bond acceptors (Lipinski definition) is 4. The number of carbonyl (C=O) groups is 1. The van der Waals surface area contributed by atoms with Crippen molar-refractivity contribution < 1.29 is 9.90 Å². The van der Waals surface area contributed by atoms with E-state index in [4.69, 9.17) is 47.0 Å². The monoisotopic (exact) mass is 429 g/mol. The number of phenols is 1. The minimum Gasteiger partial charge on any atom is -0.505 e. The van der Waals surface area contributed by atoms with Gasteiger partial charge in [-0.15, -0.1) is 0 Å².